The second kappa shape index (κ2) is 7.41. The lowest BCUT2D eigenvalue weighted by molar-refractivity contribution is -0.122. The van der Waals surface area contributed by atoms with Crippen LogP contribution in [-0.4, -0.2) is 25.1 Å². The number of sulfone groups is 1. The molecule has 0 atom stereocenters. The number of aryl methyl sites for hydroxylation is 1. The molecule has 136 valence electrons. The zero-order chi connectivity index (χ0) is 18.0. The molecule has 0 bridgehead atoms. The number of hydrogen-bond acceptors (Lipinski definition) is 4. The van der Waals surface area contributed by atoms with Gasteiger partial charge in [0.1, 0.15) is 0 Å². The quantitative estimate of drug-likeness (QED) is 0.815. The third-order valence-corrected chi connectivity index (χ3v) is 6.84. The zero-order valence-corrected chi connectivity index (χ0v) is 16.3. The Kier molecular flexibility index (Phi) is 5.43. The minimum absolute atomic E-state index is 0.0283. The molecule has 2 aromatic rings. The van der Waals surface area contributed by atoms with Gasteiger partial charge in [0.25, 0.3) is 5.91 Å². The molecule has 0 radical (unpaired) electrons. The van der Waals surface area contributed by atoms with E-state index in [0.29, 0.717) is 9.70 Å². The Morgan fingerprint density at radius 1 is 1.28 bits per heavy atom. The van der Waals surface area contributed by atoms with Gasteiger partial charge in [-0.3, -0.25) is 4.79 Å². The highest BCUT2D eigenvalue weighted by Gasteiger charge is 2.21. The summed E-state index contributed by atoms with van der Waals surface area (Å²) in [4.78, 5) is 18.0. The van der Waals surface area contributed by atoms with Crippen molar-refractivity contribution in [3.05, 3.63) is 23.0 Å². The molecule has 1 saturated carbocycles. The predicted molar refractivity (Wildman–Crippen MR) is 100 cm³/mol. The Balaban J connectivity index is 2.08. The molecule has 5 nitrogen and oxygen atoms in total. The standard InChI is InChI=1S/C18H24N2O3S2/c1-3-11-20-15-10-9-14(25(2,22)23)12-16(15)24-18(20)19-17(21)13-7-5-4-6-8-13/h9-10,12-13H,3-8,11H2,1-2H3. The number of rotatable bonds is 4. The van der Waals surface area contributed by atoms with Crippen molar-refractivity contribution in [1.82, 2.24) is 4.57 Å². The van der Waals surface area contributed by atoms with E-state index in [4.69, 9.17) is 0 Å². The number of carbonyl (C=O) groups excluding carboxylic acids is 1. The first-order valence-electron chi connectivity index (χ1n) is 8.82. The summed E-state index contributed by atoms with van der Waals surface area (Å²) in [6.45, 7) is 2.84. The Morgan fingerprint density at radius 2 is 2.00 bits per heavy atom. The van der Waals surface area contributed by atoms with Gasteiger partial charge >= 0.3 is 0 Å². The van der Waals surface area contributed by atoms with Gasteiger partial charge in [0, 0.05) is 18.7 Å². The van der Waals surface area contributed by atoms with Crippen molar-refractivity contribution >= 4 is 37.3 Å². The van der Waals surface area contributed by atoms with Crippen LogP contribution in [0.15, 0.2) is 28.1 Å². The van der Waals surface area contributed by atoms with Crippen LogP contribution >= 0.6 is 11.3 Å². The summed E-state index contributed by atoms with van der Waals surface area (Å²) in [7, 11) is -3.25. The molecule has 25 heavy (non-hydrogen) atoms. The van der Waals surface area contributed by atoms with Crippen molar-refractivity contribution < 1.29 is 13.2 Å². The van der Waals surface area contributed by atoms with E-state index in [1.165, 1.54) is 24.0 Å². The summed E-state index contributed by atoms with van der Waals surface area (Å²) in [6, 6.07) is 5.14. The minimum atomic E-state index is -3.25. The third-order valence-electron chi connectivity index (χ3n) is 4.69. The summed E-state index contributed by atoms with van der Waals surface area (Å²) in [5.41, 5.74) is 0.939. The lowest BCUT2D eigenvalue weighted by Crippen LogP contribution is -2.22. The number of amides is 1. The lowest BCUT2D eigenvalue weighted by atomic mass is 9.89. The molecular formula is C18H24N2O3S2. The smallest absolute Gasteiger partial charge is 0.251 e. The fourth-order valence-corrected chi connectivity index (χ4v) is 5.17. The molecule has 0 saturated heterocycles. The summed E-state index contributed by atoms with van der Waals surface area (Å²) in [6.07, 6.45) is 7.40. The second-order valence-corrected chi connectivity index (χ2v) is 9.75. The van der Waals surface area contributed by atoms with Gasteiger partial charge in [0.2, 0.25) is 0 Å². The van der Waals surface area contributed by atoms with Gasteiger partial charge in [-0.2, -0.15) is 4.99 Å². The van der Waals surface area contributed by atoms with Gasteiger partial charge in [-0.25, -0.2) is 8.42 Å². The predicted octanol–water partition coefficient (Wildman–Crippen LogP) is 3.52. The lowest BCUT2D eigenvalue weighted by Gasteiger charge is -2.17. The molecule has 0 unspecified atom stereocenters. The highest BCUT2D eigenvalue weighted by atomic mass is 32.2. The topological polar surface area (TPSA) is 68.5 Å². The van der Waals surface area contributed by atoms with Crippen LogP contribution in [-0.2, 0) is 21.2 Å². The van der Waals surface area contributed by atoms with Crippen molar-refractivity contribution in [3.8, 4) is 0 Å². The number of benzene rings is 1. The Labute approximate surface area is 152 Å². The van der Waals surface area contributed by atoms with E-state index < -0.39 is 9.84 Å². The molecule has 1 aliphatic carbocycles. The molecule has 1 aliphatic rings. The third kappa shape index (κ3) is 4.03. The average molecular weight is 381 g/mol. The summed E-state index contributed by atoms with van der Waals surface area (Å²) >= 11 is 1.40. The highest BCUT2D eigenvalue weighted by molar-refractivity contribution is 7.90. The maximum absolute atomic E-state index is 12.6. The Hall–Kier alpha value is -1.47. The van der Waals surface area contributed by atoms with Crippen LogP contribution in [0.25, 0.3) is 10.2 Å². The molecular weight excluding hydrogens is 356 g/mol. The van der Waals surface area contributed by atoms with Crippen LogP contribution in [0.4, 0.5) is 0 Å². The molecule has 0 spiro atoms. The molecule has 0 N–H and O–H groups in total. The highest BCUT2D eigenvalue weighted by Crippen LogP contribution is 2.25. The van der Waals surface area contributed by atoms with Crippen LogP contribution < -0.4 is 4.80 Å². The van der Waals surface area contributed by atoms with Crippen LogP contribution in [0.5, 0.6) is 0 Å². The van der Waals surface area contributed by atoms with E-state index >= 15 is 0 Å². The molecule has 1 heterocycles. The molecule has 1 amide bonds. The van der Waals surface area contributed by atoms with Crippen LogP contribution in [0.2, 0.25) is 0 Å². The Bertz CT molecular complexity index is 948. The van der Waals surface area contributed by atoms with Crippen molar-refractivity contribution in [3.63, 3.8) is 0 Å². The van der Waals surface area contributed by atoms with Gasteiger partial charge in [-0.05, 0) is 37.5 Å². The van der Waals surface area contributed by atoms with Gasteiger partial charge in [0.15, 0.2) is 14.6 Å². The van der Waals surface area contributed by atoms with E-state index in [1.54, 1.807) is 12.1 Å². The zero-order valence-electron chi connectivity index (χ0n) is 14.7. The van der Waals surface area contributed by atoms with Gasteiger partial charge < -0.3 is 4.57 Å². The molecule has 1 fully saturated rings. The number of fused-ring (bicyclic) bond motifs is 1. The van der Waals surface area contributed by atoms with E-state index in [9.17, 15) is 13.2 Å². The molecule has 0 aliphatic heterocycles. The number of aromatic nitrogens is 1. The molecule has 1 aromatic carbocycles. The number of nitrogens with zero attached hydrogens (tertiary/aromatic N) is 2. The second-order valence-electron chi connectivity index (χ2n) is 6.72. The Morgan fingerprint density at radius 3 is 2.64 bits per heavy atom. The molecule has 1 aromatic heterocycles. The van der Waals surface area contributed by atoms with E-state index in [0.717, 1.165) is 48.9 Å². The van der Waals surface area contributed by atoms with Gasteiger partial charge in [-0.1, -0.05) is 37.5 Å². The van der Waals surface area contributed by atoms with Crippen LogP contribution in [0, 0.1) is 5.92 Å². The number of hydrogen-bond donors (Lipinski definition) is 0. The summed E-state index contributed by atoms with van der Waals surface area (Å²) in [5.74, 6) is 0.0139. The van der Waals surface area contributed by atoms with Crippen LogP contribution in [0.3, 0.4) is 0 Å². The van der Waals surface area contributed by atoms with E-state index in [1.807, 2.05) is 10.6 Å². The number of carbonyl (C=O) groups is 1. The van der Waals surface area contributed by atoms with Crippen molar-refractivity contribution in [2.45, 2.75) is 56.9 Å². The van der Waals surface area contributed by atoms with Gasteiger partial charge in [0.05, 0.1) is 15.1 Å². The van der Waals surface area contributed by atoms with E-state index in [-0.39, 0.29) is 11.8 Å². The molecule has 3 rings (SSSR count). The molecule has 7 heteroatoms. The van der Waals surface area contributed by atoms with Crippen LogP contribution in [0.1, 0.15) is 45.4 Å². The van der Waals surface area contributed by atoms with Crippen molar-refractivity contribution in [2.75, 3.05) is 6.26 Å². The minimum Gasteiger partial charge on any atom is -0.316 e. The van der Waals surface area contributed by atoms with Crippen molar-refractivity contribution in [1.29, 1.82) is 0 Å². The fraction of sp³-hybridized carbons (Fsp3) is 0.556. The van der Waals surface area contributed by atoms with Gasteiger partial charge in [-0.15, -0.1) is 0 Å². The summed E-state index contributed by atoms with van der Waals surface area (Å²) < 4.78 is 26.5. The largest absolute Gasteiger partial charge is 0.316 e. The average Bonchev–Trinajstić information content (AvgIpc) is 2.92. The summed E-state index contributed by atoms with van der Waals surface area (Å²) in [5, 5.41) is 0. The maximum atomic E-state index is 12.6. The normalized spacial score (nSPS) is 17.3. The van der Waals surface area contributed by atoms with Crippen molar-refractivity contribution in [2.24, 2.45) is 10.9 Å². The maximum Gasteiger partial charge on any atom is 0.251 e. The SMILES string of the molecule is CCCn1c(=NC(=O)C2CCCCC2)sc2cc(S(C)(=O)=O)ccc21. The number of thiazole rings is 1. The first-order chi connectivity index (χ1) is 11.9. The monoisotopic (exact) mass is 380 g/mol. The fourth-order valence-electron chi connectivity index (χ4n) is 3.34. The first kappa shape index (κ1) is 18.3. The first-order valence-corrected chi connectivity index (χ1v) is 11.5. The van der Waals surface area contributed by atoms with E-state index in [2.05, 4.69) is 11.9 Å².